The summed E-state index contributed by atoms with van der Waals surface area (Å²) in [6, 6.07) is 8.77. The molecule has 1 N–H and O–H groups in total. The second-order valence-electron chi connectivity index (χ2n) is 7.27. The quantitative estimate of drug-likeness (QED) is 0.771. The Bertz CT molecular complexity index is 954. The van der Waals surface area contributed by atoms with Crippen LogP contribution in [0, 0.1) is 11.8 Å². The van der Waals surface area contributed by atoms with Gasteiger partial charge in [-0.15, -0.1) is 0 Å². The Morgan fingerprint density at radius 3 is 2.21 bits per heavy atom. The number of fused-ring (bicyclic) bond motifs is 2. The van der Waals surface area contributed by atoms with Gasteiger partial charge in [0.2, 0.25) is 0 Å². The molecule has 0 spiro atoms. The van der Waals surface area contributed by atoms with Gasteiger partial charge in [0.1, 0.15) is 11.5 Å². The van der Waals surface area contributed by atoms with Crippen molar-refractivity contribution in [1.29, 1.82) is 0 Å². The molecule has 0 unspecified atom stereocenters. The van der Waals surface area contributed by atoms with Gasteiger partial charge in [0.15, 0.2) is 23.0 Å². The maximum absolute atomic E-state index is 12.7. The number of cyclic esters (lactones) is 1. The van der Waals surface area contributed by atoms with E-state index >= 15 is 0 Å². The minimum Gasteiger partial charge on any atom is -0.493 e. The zero-order valence-corrected chi connectivity index (χ0v) is 16.9. The number of rotatable bonds is 5. The second kappa shape index (κ2) is 7.15. The number of methoxy groups -OCH3 is 4. The van der Waals surface area contributed by atoms with E-state index in [0.29, 0.717) is 40.5 Å². The summed E-state index contributed by atoms with van der Waals surface area (Å²) in [5, 5.41) is 12.1. The molecule has 7 heteroatoms. The summed E-state index contributed by atoms with van der Waals surface area (Å²) >= 11 is 0. The summed E-state index contributed by atoms with van der Waals surface area (Å²) in [6.07, 6.45) is 0.599. The van der Waals surface area contributed by atoms with Crippen LogP contribution in [0.25, 0.3) is 0 Å². The lowest BCUT2D eigenvalue weighted by Gasteiger charge is -2.41. The topological polar surface area (TPSA) is 83.5 Å². The third-order valence-electron chi connectivity index (χ3n) is 5.94. The minimum atomic E-state index is -1.61. The number of hydrogen-bond donors (Lipinski definition) is 1. The maximum atomic E-state index is 12.7. The first-order chi connectivity index (χ1) is 14.0. The number of ether oxygens (including phenoxy) is 5. The summed E-state index contributed by atoms with van der Waals surface area (Å²) in [7, 11) is 6.18. The van der Waals surface area contributed by atoms with Crippen molar-refractivity contribution in [2.24, 2.45) is 11.8 Å². The highest BCUT2D eigenvalue weighted by molar-refractivity contribution is 5.79. The zero-order chi connectivity index (χ0) is 20.8. The van der Waals surface area contributed by atoms with Crippen LogP contribution < -0.4 is 18.9 Å². The van der Waals surface area contributed by atoms with Crippen molar-refractivity contribution in [3.05, 3.63) is 47.0 Å². The number of hydrogen-bond acceptors (Lipinski definition) is 7. The highest BCUT2D eigenvalue weighted by Gasteiger charge is 2.56. The molecule has 1 fully saturated rings. The Hall–Kier alpha value is -2.93. The van der Waals surface area contributed by atoms with Gasteiger partial charge in [-0.2, -0.15) is 0 Å². The summed E-state index contributed by atoms with van der Waals surface area (Å²) in [5.74, 6) is 0.771. The molecule has 0 bridgehead atoms. The van der Waals surface area contributed by atoms with Gasteiger partial charge in [-0.25, -0.2) is 0 Å². The molecule has 1 heterocycles. The van der Waals surface area contributed by atoms with Crippen molar-refractivity contribution in [3.8, 4) is 23.0 Å². The van der Waals surface area contributed by atoms with Gasteiger partial charge in [-0.05, 0) is 47.4 Å². The molecule has 2 aromatic rings. The maximum Gasteiger partial charge on any atom is 0.313 e. The number of carbonyl (C=O) groups excluding carboxylic acids is 1. The molecule has 2 aromatic carbocycles. The van der Waals surface area contributed by atoms with Crippen LogP contribution in [-0.2, 0) is 21.6 Å². The van der Waals surface area contributed by atoms with Crippen molar-refractivity contribution >= 4 is 5.97 Å². The highest BCUT2D eigenvalue weighted by Crippen LogP contribution is 2.52. The molecular weight excluding hydrogens is 376 g/mol. The molecule has 1 aliphatic carbocycles. The Labute approximate surface area is 169 Å². The predicted molar refractivity (Wildman–Crippen MR) is 104 cm³/mol. The largest absolute Gasteiger partial charge is 0.493 e. The summed E-state index contributed by atoms with van der Waals surface area (Å²) < 4.78 is 27.0. The molecule has 154 valence electrons. The normalized spacial score (nSPS) is 24.9. The molecule has 2 aliphatic rings. The van der Waals surface area contributed by atoms with Crippen LogP contribution >= 0.6 is 0 Å². The molecular formula is C22H24O7. The second-order valence-corrected chi connectivity index (χ2v) is 7.27. The number of esters is 1. The van der Waals surface area contributed by atoms with Crippen molar-refractivity contribution in [2.45, 2.75) is 12.0 Å². The zero-order valence-electron chi connectivity index (χ0n) is 16.9. The fraction of sp³-hybridized carbons (Fsp3) is 0.409. The van der Waals surface area contributed by atoms with Gasteiger partial charge in [-0.1, -0.05) is 6.07 Å². The van der Waals surface area contributed by atoms with Crippen LogP contribution in [0.4, 0.5) is 0 Å². The molecule has 0 saturated carbocycles. The van der Waals surface area contributed by atoms with Crippen molar-refractivity contribution in [3.63, 3.8) is 0 Å². The van der Waals surface area contributed by atoms with Crippen LogP contribution in [0.1, 0.15) is 16.7 Å². The molecule has 0 aromatic heterocycles. The number of carbonyl (C=O) groups is 1. The van der Waals surface area contributed by atoms with Crippen molar-refractivity contribution in [1.82, 2.24) is 0 Å². The first kappa shape index (κ1) is 19.4. The smallest absolute Gasteiger partial charge is 0.313 e. The fourth-order valence-corrected chi connectivity index (χ4v) is 4.56. The summed E-state index contributed by atoms with van der Waals surface area (Å²) in [6.45, 7) is 0.271. The van der Waals surface area contributed by atoms with Crippen LogP contribution in [0.15, 0.2) is 30.3 Å². The van der Waals surface area contributed by atoms with Gasteiger partial charge < -0.3 is 28.8 Å². The standard InChI is InChI=1S/C22H24O7/c1-25-16-6-5-14(9-18(16)27-3)22(24)15-10-19(28-4)17(26-2)8-12(15)7-13-11-29-21(23)20(13)22/h5-6,8-10,13,20,24H,7,11H2,1-4H3/t13-,20-,22-/m1/s1. The average molecular weight is 400 g/mol. The van der Waals surface area contributed by atoms with E-state index in [9.17, 15) is 9.90 Å². The van der Waals surface area contributed by atoms with E-state index in [4.69, 9.17) is 23.7 Å². The number of benzene rings is 2. The molecule has 1 saturated heterocycles. The Morgan fingerprint density at radius 2 is 1.55 bits per heavy atom. The molecule has 7 nitrogen and oxygen atoms in total. The van der Waals surface area contributed by atoms with Gasteiger partial charge in [0.05, 0.1) is 35.0 Å². The minimum absolute atomic E-state index is 0.147. The van der Waals surface area contributed by atoms with Crippen LogP contribution in [-0.4, -0.2) is 46.1 Å². The van der Waals surface area contributed by atoms with E-state index in [1.807, 2.05) is 6.07 Å². The van der Waals surface area contributed by atoms with E-state index < -0.39 is 17.5 Å². The lowest BCUT2D eigenvalue weighted by molar-refractivity contribution is -0.148. The summed E-state index contributed by atoms with van der Waals surface area (Å²) in [5.41, 5.74) is 0.407. The van der Waals surface area contributed by atoms with E-state index in [0.717, 1.165) is 5.56 Å². The Balaban J connectivity index is 1.98. The molecule has 0 radical (unpaired) electrons. The fourth-order valence-electron chi connectivity index (χ4n) is 4.56. The van der Waals surface area contributed by atoms with E-state index in [-0.39, 0.29) is 12.5 Å². The molecule has 29 heavy (non-hydrogen) atoms. The van der Waals surface area contributed by atoms with Crippen LogP contribution in [0.2, 0.25) is 0 Å². The molecule has 1 aliphatic heterocycles. The van der Waals surface area contributed by atoms with Crippen LogP contribution in [0.5, 0.6) is 23.0 Å². The van der Waals surface area contributed by atoms with E-state index in [1.54, 1.807) is 38.5 Å². The SMILES string of the molecule is COc1ccc([C@@]2(O)c3cc(OC)c(OC)cc3C[C@@H]3COC(=O)[C@@H]32)cc1OC. The number of aliphatic hydroxyl groups is 1. The van der Waals surface area contributed by atoms with E-state index in [2.05, 4.69) is 0 Å². The van der Waals surface area contributed by atoms with Gasteiger partial charge in [0, 0.05) is 5.92 Å². The first-order valence-electron chi connectivity index (χ1n) is 9.34. The van der Waals surface area contributed by atoms with Crippen molar-refractivity contribution in [2.75, 3.05) is 35.0 Å². The third kappa shape index (κ3) is 2.80. The lowest BCUT2D eigenvalue weighted by Crippen LogP contribution is -2.46. The van der Waals surface area contributed by atoms with Crippen LogP contribution in [0.3, 0.4) is 0 Å². The van der Waals surface area contributed by atoms with Gasteiger partial charge in [-0.3, -0.25) is 4.79 Å². The Morgan fingerprint density at radius 1 is 0.931 bits per heavy atom. The summed E-state index contributed by atoms with van der Waals surface area (Å²) in [4.78, 5) is 12.7. The molecule has 3 atom stereocenters. The highest BCUT2D eigenvalue weighted by atomic mass is 16.5. The average Bonchev–Trinajstić information content (AvgIpc) is 3.13. The third-order valence-corrected chi connectivity index (χ3v) is 5.94. The van der Waals surface area contributed by atoms with Gasteiger partial charge >= 0.3 is 5.97 Å². The van der Waals surface area contributed by atoms with Crippen molar-refractivity contribution < 1.29 is 33.6 Å². The monoisotopic (exact) mass is 400 g/mol. The Kier molecular flexibility index (Phi) is 4.78. The lowest BCUT2D eigenvalue weighted by atomic mass is 9.64. The van der Waals surface area contributed by atoms with Gasteiger partial charge in [0.25, 0.3) is 0 Å². The first-order valence-corrected chi connectivity index (χ1v) is 9.34. The van der Waals surface area contributed by atoms with E-state index in [1.165, 1.54) is 14.2 Å². The molecule has 4 rings (SSSR count). The molecule has 0 amide bonds. The predicted octanol–water partition coefficient (Wildman–Crippen LogP) is 2.30.